The number of fused-ring (bicyclic) bond motifs is 2. The zero-order valence-electron chi connectivity index (χ0n) is 24.0. The molecule has 45 heavy (non-hydrogen) atoms. The van der Waals surface area contributed by atoms with Crippen molar-refractivity contribution < 1.29 is 51.6 Å². The van der Waals surface area contributed by atoms with Crippen LogP contribution in [0.4, 0.5) is 13.6 Å². The SMILES string of the molecule is C[C@H]1CO[C@@H]2Cn3cc(C(=O)CCc4ccc(F)cc4F)c(=O)c(OCOC(=O)OCC(=O)OCc4ccccc4)c3C(=O)N12. The number of halogens is 2. The predicted molar refractivity (Wildman–Crippen MR) is 149 cm³/mol. The van der Waals surface area contributed by atoms with Crippen molar-refractivity contribution in [2.45, 2.75) is 45.2 Å². The molecule has 3 heterocycles. The number of aromatic nitrogens is 1. The van der Waals surface area contributed by atoms with Gasteiger partial charge in [-0.15, -0.1) is 0 Å². The average molecular weight is 627 g/mol. The first-order chi connectivity index (χ1) is 21.6. The van der Waals surface area contributed by atoms with E-state index in [2.05, 4.69) is 0 Å². The van der Waals surface area contributed by atoms with Crippen molar-refractivity contribution in [3.05, 3.63) is 99.0 Å². The number of nitrogens with zero attached hydrogens (tertiary/aromatic N) is 2. The molecule has 14 heteroatoms. The molecule has 0 N–H and O–H groups in total. The molecule has 0 bridgehead atoms. The Kier molecular flexibility index (Phi) is 9.52. The van der Waals surface area contributed by atoms with Crippen molar-refractivity contribution >= 4 is 23.8 Å². The quantitative estimate of drug-likeness (QED) is 0.177. The summed E-state index contributed by atoms with van der Waals surface area (Å²) in [5, 5.41) is 0. The molecular weight excluding hydrogens is 598 g/mol. The van der Waals surface area contributed by atoms with Gasteiger partial charge in [-0.05, 0) is 30.5 Å². The third-order valence-corrected chi connectivity index (χ3v) is 7.21. The summed E-state index contributed by atoms with van der Waals surface area (Å²) in [6.07, 6.45) is -1.19. The molecule has 1 amide bonds. The maximum atomic E-state index is 14.1. The van der Waals surface area contributed by atoms with E-state index >= 15 is 0 Å². The largest absolute Gasteiger partial charge is 0.511 e. The summed E-state index contributed by atoms with van der Waals surface area (Å²) in [4.78, 5) is 65.5. The minimum atomic E-state index is -1.32. The van der Waals surface area contributed by atoms with Crippen LogP contribution in [0.1, 0.15) is 45.3 Å². The van der Waals surface area contributed by atoms with Crippen LogP contribution in [-0.2, 0) is 43.3 Å². The number of esters is 1. The number of carbonyl (C=O) groups is 4. The van der Waals surface area contributed by atoms with Gasteiger partial charge in [-0.2, -0.15) is 0 Å². The molecule has 0 aliphatic carbocycles. The van der Waals surface area contributed by atoms with Gasteiger partial charge in [0, 0.05) is 18.7 Å². The molecular formula is C31H28F2N2O10. The van der Waals surface area contributed by atoms with Gasteiger partial charge in [0.05, 0.1) is 24.8 Å². The Morgan fingerprint density at radius 3 is 2.56 bits per heavy atom. The molecule has 2 atom stereocenters. The second-order valence-electron chi connectivity index (χ2n) is 10.3. The number of benzene rings is 2. The Balaban J connectivity index is 1.27. The molecule has 236 valence electrons. The summed E-state index contributed by atoms with van der Waals surface area (Å²) in [6.45, 7) is 0.408. The number of ketones is 1. The molecule has 3 aromatic rings. The van der Waals surface area contributed by atoms with Crippen LogP contribution in [0, 0.1) is 11.6 Å². The number of Topliss-reactive ketones (excluding diaryl/α,β-unsaturated/α-hetero) is 1. The molecule has 0 unspecified atom stereocenters. The Bertz CT molecular complexity index is 1680. The molecule has 0 radical (unpaired) electrons. The van der Waals surface area contributed by atoms with E-state index < -0.39 is 66.3 Å². The Hall–Kier alpha value is -5.11. The van der Waals surface area contributed by atoms with Gasteiger partial charge in [-0.3, -0.25) is 14.4 Å². The van der Waals surface area contributed by atoms with Crippen LogP contribution in [0.2, 0.25) is 0 Å². The number of carbonyl (C=O) groups excluding carboxylic acids is 4. The number of aryl methyl sites for hydroxylation is 1. The maximum Gasteiger partial charge on any atom is 0.511 e. The van der Waals surface area contributed by atoms with Gasteiger partial charge in [0.15, 0.2) is 24.3 Å². The lowest BCUT2D eigenvalue weighted by Crippen LogP contribution is -2.49. The first-order valence-corrected chi connectivity index (χ1v) is 13.9. The Morgan fingerprint density at radius 2 is 1.80 bits per heavy atom. The smallest absolute Gasteiger partial charge is 0.458 e. The highest BCUT2D eigenvalue weighted by atomic mass is 19.1. The van der Waals surface area contributed by atoms with Crippen LogP contribution in [0.3, 0.4) is 0 Å². The van der Waals surface area contributed by atoms with E-state index in [1.54, 1.807) is 37.3 Å². The van der Waals surface area contributed by atoms with Crippen LogP contribution in [-0.4, -0.2) is 65.6 Å². The molecule has 1 aromatic heterocycles. The normalized spacial score (nSPS) is 16.9. The van der Waals surface area contributed by atoms with Gasteiger partial charge < -0.3 is 33.2 Å². The molecule has 1 saturated heterocycles. The van der Waals surface area contributed by atoms with Gasteiger partial charge in [-0.25, -0.2) is 18.4 Å². The molecule has 0 saturated carbocycles. The second kappa shape index (κ2) is 13.7. The molecule has 2 aromatic carbocycles. The van der Waals surface area contributed by atoms with E-state index in [9.17, 15) is 32.8 Å². The summed E-state index contributed by atoms with van der Waals surface area (Å²) >= 11 is 0. The fourth-order valence-electron chi connectivity index (χ4n) is 4.98. The van der Waals surface area contributed by atoms with Crippen molar-refractivity contribution in [1.29, 1.82) is 0 Å². The number of ether oxygens (including phenoxy) is 5. The summed E-state index contributed by atoms with van der Waals surface area (Å²) in [5.74, 6) is -4.27. The van der Waals surface area contributed by atoms with Gasteiger partial charge in [0.2, 0.25) is 18.0 Å². The van der Waals surface area contributed by atoms with Crippen molar-refractivity contribution in [2.75, 3.05) is 20.0 Å². The zero-order valence-corrected chi connectivity index (χ0v) is 24.0. The zero-order chi connectivity index (χ0) is 32.1. The first-order valence-electron chi connectivity index (χ1n) is 13.9. The average Bonchev–Trinajstić information content (AvgIpc) is 3.40. The second-order valence-corrected chi connectivity index (χ2v) is 10.3. The van der Waals surface area contributed by atoms with Crippen molar-refractivity contribution in [3.63, 3.8) is 0 Å². The third kappa shape index (κ3) is 7.17. The summed E-state index contributed by atoms with van der Waals surface area (Å²) < 4.78 is 54.4. The number of rotatable bonds is 11. The van der Waals surface area contributed by atoms with Gasteiger partial charge in [0.1, 0.15) is 18.2 Å². The lowest BCUT2D eigenvalue weighted by Gasteiger charge is -2.34. The number of hydrogen-bond acceptors (Lipinski definition) is 10. The molecule has 2 aliphatic rings. The van der Waals surface area contributed by atoms with E-state index in [1.807, 2.05) is 0 Å². The molecule has 2 aliphatic heterocycles. The lowest BCUT2D eigenvalue weighted by atomic mass is 10.0. The number of amides is 1. The molecule has 5 rings (SSSR count). The standard InChI is InChI=1S/C31H28F2N2O10/c1-18-14-41-25-13-34-12-22(24(36)10-8-20-7-9-21(32)11-23(20)33)28(38)29(27(34)30(39)35(18)25)44-17-45-31(40)43-16-26(37)42-15-19-5-3-2-4-6-19/h2-7,9,11-12,18,25H,8,10,13-17H2,1H3/t18-,25+/m0/s1. The fourth-order valence-corrected chi connectivity index (χ4v) is 4.98. The van der Waals surface area contributed by atoms with E-state index in [0.29, 0.717) is 6.07 Å². The Labute approximate surface area is 255 Å². The fraction of sp³-hybridized carbons (Fsp3) is 0.323. The van der Waals surface area contributed by atoms with E-state index in [0.717, 1.165) is 11.6 Å². The van der Waals surface area contributed by atoms with E-state index in [1.165, 1.54) is 21.7 Å². The topological polar surface area (TPSA) is 140 Å². The molecule has 12 nitrogen and oxygen atoms in total. The molecule has 1 fully saturated rings. The third-order valence-electron chi connectivity index (χ3n) is 7.21. The highest BCUT2D eigenvalue weighted by molar-refractivity contribution is 6.00. The van der Waals surface area contributed by atoms with Crippen LogP contribution >= 0.6 is 0 Å². The van der Waals surface area contributed by atoms with E-state index in [-0.39, 0.29) is 55.5 Å². The first kappa shape index (κ1) is 31.3. The van der Waals surface area contributed by atoms with Gasteiger partial charge in [-0.1, -0.05) is 36.4 Å². The van der Waals surface area contributed by atoms with Crippen LogP contribution in [0.5, 0.6) is 5.75 Å². The van der Waals surface area contributed by atoms with Crippen molar-refractivity contribution in [2.24, 2.45) is 0 Å². The van der Waals surface area contributed by atoms with Crippen LogP contribution in [0.25, 0.3) is 0 Å². The minimum Gasteiger partial charge on any atom is -0.458 e. The summed E-state index contributed by atoms with van der Waals surface area (Å²) in [7, 11) is 0. The minimum absolute atomic E-state index is 0.0281. The maximum absolute atomic E-state index is 14.1. The highest BCUT2D eigenvalue weighted by Gasteiger charge is 2.43. The van der Waals surface area contributed by atoms with Crippen LogP contribution < -0.4 is 10.2 Å². The number of pyridine rings is 1. The summed E-state index contributed by atoms with van der Waals surface area (Å²) in [6, 6.07) is 11.5. The summed E-state index contributed by atoms with van der Waals surface area (Å²) in [5.41, 5.74) is -0.680. The van der Waals surface area contributed by atoms with Crippen LogP contribution in [0.15, 0.2) is 59.5 Å². The van der Waals surface area contributed by atoms with Crippen molar-refractivity contribution in [1.82, 2.24) is 9.47 Å². The number of hydrogen-bond donors (Lipinski definition) is 0. The Morgan fingerprint density at radius 1 is 1.02 bits per heavy atom. The highest BCUT2D eigenvalue weighted by Crippen LogP contribution is 2.30. The predicted octanol–water partition coefficient (Wildman–Crippen LogP) is 3.38. The van der Waals surface area contributed by atoms with Crippen molar-refractivity contribution in [3.8, 4) is 5.75 Å². The van der Waals surface area contributed by atoms with Gasteiger partial charge in [0.25, 0.3) is 5.91 Å². The monoisotopic (exact) mass is 626 g/mol. The van der Waals surface area contributed by atoms with E-state index in [4.69, 9.17) is 23.7 Å². The molecule has 0 spiro atoms. The van der Waals surface area contributed by atoms with Gasteiger partial charge >= 0.3 is 12.1 Å². The lowest BCUT2D eigenvalue weighted by molar-refractivity contribution is -0.149.